The number of amides is 2. The van der Waals surface area contributed by atoms with E-state index in [-0.39, 0.29) is 15.7 Å². The number of carbonyl (C=O) groups excluding carboxylic acids is 3. The number of carbonyl (C=O) groups is 3. The van der Waals surface area contributed by atoms with Crippen LogP contribution >= 0.6 is 11.3 Å². The maximum atomic E-state index is 12.9. The molecule has 9 nitrogen and oxygen atoms in total. The fourth-order valence-electron chi connectivity index (χ4n) is 4.09. The number of hydrogen-bond donors (Lipinski definition) is 1. The smallest absolute Gasteiger partial charge is 0.350 e. The molecule has 1 aromatic heterocycles. The van der Waals surface area contributed by atoms with Gasteiger partial charge in [0.1, 0.15) is 9.77 Å². The Morgan fingerprint density at radius 3 is 2.58 bits per heavy atom. The Morgan fingerprint density at radius 1 is 1.09 bits per heavy atom. The summed E-state index contributed by atoms with van der Waals surface area (Å²) in [5, 5.41) is 4.20. The number of anilines is 2. The number of piperidine rings is 1. The zero-order valence-electron chi connectivity index (χ0n) is 18.2. The minimum absolute atomic E-state index is 0.0322. The summed E-state index contributed by atoms with van der Waals surface area (Å²) in [6, 6.07) is 6.65. The van der Waals surface area contributed by atoms with Gasteiger partial charge in [-0.15, -0.1) is 11.3 Å². The van der Waals surface area contributed by atoms with E-state index in [1.165, 1.54) is 22.7 Å². The fraction of sp³-hybridized carbons (Fsp3) is 0.409. The van der Waals surface area contributed by atoms with E-state index in [4.69, 9.17) is 4.74 Å². The molecule has 2 aromatic rings. The molecule has 0 saturated carbocycles. The second kappa shape index (κ2) is 9.62. The summed E-state index contributed by atoms with van der Waals surface area (Å²) >= 11 is 0.976. The maximum Gasteiger partial charge on any atom is 0.350 e. The minimum Gasteiger partial charge on any atom is -0.451 e. The Bertz CT molecular complexity index is 1180. The highest BCUT2D eigenvalue weighted by Crippen LogP contribution is 2.31. The molecule has 11 heteroatoms. The van der Waals surface area contributed by atoms with Gasteiger partial charge in [-0.2, -0.15) is 4.31 Å². The molecule has 0 unspecified atom stereocenters. The van der Waals surface area contributed by atoms with E-state index >= 15 is 0 Å². The SMILES string of the molecule is CC(=O)N1CCc2cc(NC(=O)COC(=O)c3sccc3S(=O)(=O)N3CCCCC3)ccc21. The van der Waals surface area contributed by atoms with Crippen LogP contribution in [0.15, 0.2) is 34.5 Å². The third-order valence-electron chi connectivity index (χ3n) is 5.72. The third kappa shape index (κ3) is 4.94. The summed E-state index contributed by atoms with van der Waals surface area (Å²) in [6.45, 7) is 2.43. The van der Waals surface area contributed by atoms with Crippen LogP contribution in [0.4, 0.5) is 11.4 Å². The summed E-state index contributed by atoms with van der Waals surface area (Å²) < 4.78 is 32.4. The monoisotopic (exact) mass is 491 g/mol. The molecule has 2 aliphatic heterocycles. The van der Waals surface area contributed by atoms with Crippen molar-refractivity contribution in [2.75, 3.05) is 36.5 Å². The van der Waals surface area contributed by atoms with Crippen molar-refractivity contribution in [3.63, 3.8) is 0 Å². The van der Waals surface area contributed by atoms with Crippen LogP contribution in [0.25, 0.3) is 0 Å². The van der Waals surface area contributed by atoms with Crippen molar-refractivity contribution in [2.45, 2.75) is 37.5 Å². The van der Waals surface area contributed by atoms with Crippen LogP contribution in [0, 0.1) is 0 Å². The van der Waals surface area contributed by atoms with Gasteiger partial charge in [-0.05, 0) is 54.5 Å². The van der Waals surface area contributed by atoms with Crippen molar-refractivity contribution in [2.24, 2.45) is 0 Å². The molecule has 33 heavy (non-hydrogen) atoms. The van der Waals surface area contributed by atoms with E-state index in [2.05, 4.69) is 5.32 Å². The molecule has 4 rings (SSSR count). The first-order valence-corrected chi connectivity index (χ1v) is 13.0. The van der Waals surface area contributed by atoms with Crippen LogP contribution in [0.3, 0.4) is 0 Å². The first-order valence-electron chi connectivity index (χ1n) is 10.7. The number of benzene rings is 1. The second-order valence-corrected chi connectivity index (χ2v) is 10.8. The average Bonchev–Trinajstić information content (AvgIpc) is 3.45. The minimum atomic E-state index is -3.78. The standard InChI is InChI=1S/C22H25N3O6S2/c1-15(26)25-11-7-16-13-17(5-6-18(16)25)23-20(27)14-31-22(28)21-19(8-12-32-21)33(29,30)24-9-3-2-4-10-24/h5-6,8,12-13H,2-4,7,9-11,14H2,1H3,(H,23,27). The lowest BCUT2D eigenvalue weighted by atomic mass is 10.1. The third-order valence-corrected chi connectivity index (χ3v) is 8.69. The molecule has 1 N–H and O–H groups in total. The average molecular weight is 492 g/mol. The molecular formula is C22H25N3O6S2. The summed E-state index contributed by atoms with van der Waals surface area (Å²) in [5.41, 5.74) is 2.31. The van der Waals surface area contributed by atoms with Crippen LogP contribution in [0.1, 0.15) is 41.4 Å². The van der Waals surface area contributed by atoms with E-state index in [0.29, 0.717) is 31.7 Å². The molecule has 1 saturated heterocycles. The summed E-state index contributed by atoms with van der Waals surface area (Å²) in [4.78, 5) is 38.1. The van der Waals surface area contributed by atoms with Crippen molar-refractivity contribution < 1.29 is 27.5 Å². The first kappa shape index (κ1) is 23.4. The van der Waals surface area contributed by atoms with Crippen molar-refractivity contribution in [1.29, 1.82) is 0 Å². The van der Waals surface area contributed by atoms with E-state index in [9.17, 15) is 22.8 Å². The molecule has 2 amide bonds. The lowest BCUT2D eigenvalue weighted by Crippen LogP contribution is -2.36. The van der Waals surface area contributed by atoms with Crippen LogP contribution in [0.2, 0.25) is 0 Å². The molecule has 1 aromatic carbocycles. The Hall–Kier alpha value is -2.76. The lowest BCUT2D eigenvalue weighted by molar-refractivity contribution is -0.119. The zero-order valence-corrected chi connectivity index (χ0v) is 19.8. The normalized spacial score (nSPS) is 16.3. The topological polar surface area (TPSA) is 113 Å². The van der Waals surface area contributed by atoms with Gasteiger partial charge in [0.25, 0.3) is 5.91 Å². The van der Waals surface area contributed by atoms with Crippen molar-refractivity contribution in [3.8, 4) is 0 Å². The highest BCUT2D eigenvalue weighted by atomic mass is 32.2. The predicted molar refractivity (Wildman–Crippen MR) is 124 cm³/mol. The number of thiophene rings is 1. The summed E-state index contributed by atoms with van der Waals surface area (Å²) in [5.74, 6) is -1.42. The number of ether oxygens (including phenoxy) is 1. The van der Waals surface area contributed by atoms with Crippen molar-refractivity contribution in [3.05, 3.63) is 40.1 Å². The zero-order chi connectivity index (χ0) is 23.6. The second-order valence-electron chi connectivity index (χ2n) is 7.97. The largest absolute Gasteiger partial charge is 0.451 e. The Labute approximate surface area is 196 Å². The molecule has 0 bridgehead atoms. The highest BCUT2D eigenvalue weighted by molar-refractivity contribution is 7.89. The summed E-state index contributed by atoms with van der Waals surface area (Å²) in [7, 11) is -3.78. The number of rotatable bonds is 6. The lowest BCUT2D eigenvalue weighted by Gasteiger charge is -2.25. The van der Waals surface area contributed by atoms with Crippen LogP contribution < -0.4 is 10.2 Å². The molecule has 3 heterocycles. The highest BCUT2D eigenvalue weighted by Gasteiger charge is 2.31. The van der Waals surface area contributed by atoms with E-state index in [1.807, 2.05) is 0 Å². The number of fused-ring (bicyclic) bond motifs is 1. The summed E-state index contributed by atoms with van der Waals surface area (Å²) in [6.07, 6.45) is 3.26. The molecule has 0 aliphatic carbocycles. The van der Waals surface area contributed by atoms with Gasteiger partial charge in [0.15, 0.2) is 6.61 Å². The Kier molecular flexibility index (Phi) is 6.82. The molecule has 1 fully saturated rings. The first-order chi connectivity index (χ1) is 15.8. The number of esters is 1. The van der Waals surface area contributed by atoms with Crippen LogP contribution in [-0.4, -0.2) is 56.7 Å². The van der Waals surface area contributed by atoms with Gasteiger partial charge >= 0.3 is 5.97 Å². The number of nitrogens with one attached hydrogen (secondary N) is 1. The van der Waals surface area contributed by atoms with Gasteiger partial charge in [0.2, 0.25) is 15.9 Å². The van der Waals surface area contributed by atoms with Gasteiger partial charge < -0.3 is 15.0 Å². The molecule has 0 spiro atoms. The van der Waals surface area contributed by atoms with E-state index in [1.54, 1.807) is 23.1 Å². The maximum absolute atomic E-state index is 12.9. The molecular weight excluding hydrogens is 466 g/mol. The fourth-order valence-corrected chi connectivity index (χ4v) is 6.89. The van der Waals surface area contributed by atoms with Gasteiger partial charge in [-0.1, -0.05) is 6.42 Å². The van der Waals surface area contributed by atoms with E-state index in [0.717, 1.165) is 41.9 Å². The van der Waals surface area contributed by atoms with Gasteiger partial charge in [-0.3, -0.25) is 9.59 Å². The van der Waals surface area contributed by atoms with Crippen LogP contribution in [-0.2, 0) is 30.8 Å². The van der Waals surface area contributed by atoms with Crippen molar-refractivity contribution in [1.82, 2.24) is 4.31 Å². The van der Waals surface area contributed by atoms with Crippen LogP contribution in [0.5, 0.6) is 0 Å². The molecule has 0 radical (unpaired) electrons. The number of sulfonamides is 1. The van der Waals surface area contributed by atoms with Crippen molar-refractivity contribution >= 4 is 50.5 Å². The molecule has 2 aliphatic rings. The molecule has 0 atom stereocenters. The van der Waals surface area contributed by atoms with Gasteiger partial charge in [0.05, 0.1) is 0 Å². The van der Waals surface area contributed by atoms with Gasteiger partial charge in [0, 0.05) is 37.9 Å². The predicted octanol–water partition coefficient (Wildman–Crippen LogP) is 2.63. The quantitative estimate of drug-likeness (QED) is 0.622. The Morgan fingerprint density at radius 2 is 1.85 bits per heavy atom. The number of hydrogen-bond acceptors (Lipinski definition) is 7. The number of nitrogens with zero attached hydrogens (tertiary/aromatic N) is 2. The Balaban J connectivity index is 1.37. The molecule has 176 valence electrons. The van der Waals surface area contributed by atoms with E-state index < -0.39 is 28.5 Å². The van der Waals surface area contributed by atoms with Gasteiger partial charge in [-0.25, -0.2) is 13.2 Å².